The molecule has 0 fully saturated rings. The Labute approximate surface area is 157 Å². The van der Waals surface area contributed by atoms with Gasteiger partial charge in [0.15, 0.2) is 0 Å². The summed E-state index contributed by atoms with van der Waals surface area (Å²) in [4.78, 5) is 0. The zero-order valence-corrected chi connectivity index (χ0v) is 17.6. The fraction of sp³-hybridized carbons (Fsp3) is 0.143. The number of ether oxygens (including phenoxy) is 3. The van der Waals surface area contributed by atoms with E-state index in [1.807, 2.05) is 72.8 Å². The maximum absolute atomic E-state index is 14.8. The quantitative estimate of drug-likeness (QED) is 0.530. The van der Waals surface area contributed by atoms with Gasteiger partial charge in [-0.25, -0.2) is 0 Å². The summed E-state index contributed by atoms with van der Waals surface area (Å²) in [6.07, 6.45) is 0. The van der Waals surface area contributed by atoms with Crippen LogP contribution in [0.4, 0.5) is 0 Å². The minimum absolute atomic E-state index is 0.602. The molecule has 0 aromatic heterocycles. The molecular weight excluding hydrogens is 438 g/mol. The van der Waals surface area contributed by atoms with Crippen molar-refractivity contribution in [1.82, 2.24) is 0 Å². The predicted molar refractivity (Wildman–Crippen MR) is 104 cm³/mol. The molecule has 0 heterocycles. The van der Waals surface area contributed by atoms with E-state index in [1.54, 1.807) is 21.3 Å². The van der Waals surface area contributed by atoms with Crippen LogP contribution < -0.4 is 24.7 Å². The van der Waals surface area contributed by atoms with E-state index in [2.05, 4.69) is 0 Å². The molecule has 3 aromatic carbocycles. The predicted octanol–water partition coefficient (Wildman–Crippen LogP) is 2.11. The zero-order chi connectivity index (χ0) is 18.6. The average Bonchev–Trinajstić information content (AvgIpc) is 2.73. The molecule has 134 valence electrons. The second-order valence-electron chi connectivity index (χ2n) is 5.62. The summed E-state index contributed by atoms with van der Waals surface area (Å²) >= 11 is -4.55. The van der Waals surface area contributed by atoms with Crippen molar-refractivity contribution in [1.29, 1.82) is 0 Å². The fourth-order valence-corrected chi connectivity index (χ4v) is 11.9. The van der Waals surface area contributed by atoms with Crippen LogP contribution in [0.2, 0.25) is 0 Å². The normalized spacial score (nSPS) is 11.0. The number of methoxy groups -OCH3 is 3. The van der Waals surface area contributed by atoms with Gasteiger partial charge in [0.05, 0.1) is 0 Å². The molecule has 0 spiro atoms. The van der Waals surface area contributed by atoms with E-state index in [0.29, 0.717) is 27.8 Å². The van der Waals surface area contributed by atoms with E-state index in [4.69, 9.17) is 14.2 Å². The van der Waals surface area contributed by atoms with Crippen LogP contribution in [-0.2, 0) is 3.02 Å². The first-order valence-electron chi connectivity index (χ1n) is 8.17. The van der Waals surface area contributed by atoms with E-state index >= 15 is 0 Å². The van der Waals surface area contributed by atoms with Crippen molar-refractivity contribution in [2.75, 3.05) is 21.3 Å². The first kappa shape index (κ1) is 18.5. The summed E-state index contributed by atoms with van der Waals surface area (Å²) in [6.45, 7) is 0. The van der Waals surface area contributed by atoms with E-state index in [-0.39, 0.29) is 0 Å². The van der Waals surface area contributed by atoms with Gasteiger partial charge in [-0.3, -0.25) is 0 Å². The van der Waals surface area contributed by atoms with Crippen LogP contribution in [0, 0.1) is 0 Å². The third-order valence-electron chi connectivity index (χ3n) is 4.27. The third-order valence-corrected chi connectivity index (χ3v) is 13.2. The van der Waals surface area contributed by atoms with Crippen molar-refractivity contribution >= 4 is 29.3 Å². The molecule has 4 nitrogen and oxygen atoms in total. The monoisotopic (exact) mass is 458 g/mol. The molecular formula is C21H21O4Sb. The van der Waals surface area contributed by atoms with Gasteiger partial charge in [-0.1, -0.05) is 0 Å². The van der Waals surface area contributed by atoms with Crippen LogP contribution in [0.3, 0.4) is 0 Å². The second-order valence-corrected chi connectivity index (χ2v) is 13.2. The van der Waals surface area contributed by atoms with Crippen LogP contribution >= 0.6 is 0 Å². The molecule has 0 bridgehead atoms. The van der Waals surface area contributed by atoms with E-state index < -0.39 is 18.8 Å². The second kappa shape index (κ2) is 7.92. The molecule has 26 heavy (non-hydrogen) atoms. The van der Waals surface area contributed by atoms with Gasteiger partial charge in [0.25, 0.3) is 0 Å². The summed E-state index contributed by atoms with van der Waals surface area (Å²) in [5, 5.41) is 0. The van der Waals surface area contributed by atoms with Crippen molar-refractivity contribution in [3.63, 3.8) is 0 Å². The van der Waals surface area contributed by atoms with Crippen LogP contribution in [0.1, 0.15) is 0 Å². The molecule has 0 aliphatic carbocycles. The molecule has 0 unspecified atom stereocenters. The Balaban J connectivity index is 2.42. The molecule has 0 saturated heterocycles. The van der Waals surface area contributed by atoms with E-state index in [1.165, 1.54) is 0 Å². The standard InChI is InChI=1S/3C7H7O.O.Sb/c3*1-8-7-5-3-2-4-6-7;;/h3*2-5H,1H3;;. The molecule has 0 amide bonds. The van der Waals surface area contributed by atoms with Crippen LogP contribution in [-0.4, -0.2) is 40.1 Å². The molecule has 0 aliphatic heterocycles. The summed E-state index contributed by atoms with van der Waals surface area (Å²) in [6, 6.07) is 22.4. The average molecular weight is 459 g/mol. The number of hydrogen-bond donors (Lipinski definition) is 0. The summed E-state index contributed by atoms with van der Waals surface area (Å²) in [7, 11) is 4.77. The zero-order valence-electron chi connectivity index (χ0n) is 15.0. The SMILES string of the molecule is COc1cccc[c]1[Sb](=[O])([c]1ccccc1OC)[c]1ccccc1OC. The van der Waals surface area contributed by atoms with Crippen LogP contribution in [0.5, 0.6) is 17.2 Å². The third kappa shape index (κ3) is 3.10. The molecule has 0 atom stereocenters. The van der Waals surface area contributed by atoms with Crippen molar-refractivity contribution in [2.24, 2.45) is 0 Å². The molecule has 0 aliphatic rings. The van der Waals surface area contributed by atoms with Crippen LogP contribution in [0.25, 0.3) is 0 Å². The van der Waals surface area contributed by atoms with Crippen molar-refractivity contribution in [3.8, 4) is 17.2 Å². The number of hydrogen-bond acceptors (Lipinski definition) is 4. The molecule has 0 radical (unpaired) electrons. The molecule has 0 N–H and O–H groups in total. The molecule has 5 heteroatoms. The maximum atomic E-state index is 14.8. The number of para-hydroxylation sites is 3. The van der Waals surface area contributed by atoms with Gasteiger partial charge in [-0.05, 0) is 0 Å². The summed E-state index contributed by atoms with van der Waals surface area (Å²) in [5.74, 6) is 1.81. The Morgan fingerprint density at radius 1 is 0.538 bits per heavy atom. The molecule has 0 saturated carbocycles. The Bertz CT molecular complexity index is 830. The summed E-state index contributed by atoms with van der Waals surface area (Å²) in [5.41, 5.74) is 0. The number of benzene rings is 3. The van der Waals surface area contributed by atoms with Gasteiger partial charge in [0.2, 0.25) is 0 Å². The Kier molecular flexibility index (Phi) is 5.63. The van der Waals surface area contributed by atoms with Crippen LogP contribution in [0.15, 0.2) is 72.8 Å². The topological polar surface area (TPSA) is 44.8 Å². The van der Waals surface area contributed by atoms with Crippen molar-refractivity contribution < 1.29 is 17.2 Å². The van der Waals surface area contributed by atoms with Gasteiger partial charge in [0, 0.05) is 0 Å². The van der Waals surface area contributed by atoms with Gasteiger partial charge < -0.3 is 0 Å². The Morgan fingerprint density at radius 2 is 0.808 bits per heavy atom. The molecule has 3 rings (SSSR count). The molecule has 3 aromatic rings. The first-order chi connectivity index (χ1) is 12.7. The van der Waals surface area contributed by atoms with Crippen molar-refractivity contribution in [2.45, 2.75) is 0 Å². The number of rotatable bonds is 6. The van der Waals surface area contributed by atoms with Gasteiger partial charge in [0.1, 0.15) is 0 Å². The van der Waals surface area contributed by atoms with Crippen molar-refractivity contribution in [3.05, 3.63) is 72.8 Å². The summed E-state index contributed by atoms with van der Waals surface area (Å²) < 4.78 is 33.5. The van der Waals surface area contributed by atoms with E-state index in [9.17, 15) is 3.02 Å². The van der Waals surface area contributed by atoms with Gasteiger partial charge in [-0.2, -0.15) is 0 Å². The van der Waals surface area contributed by atoms with Gasteiger partial charge in [-0.15, -0.1) is 0 Å². The Hall–Kier alpha value is -2.32. The Morgan fingerprint density at radius 3 is 1.08 bits per heavy atom. The van der Waals surface area contributed by atoms with E-state index in [0.717, 1.165) is 0 Å². The first-order valence-corrected chi connectivity index (χ1v) is 13.0. The minimum atomic E-state index is -4.55. The van der Waals surface area contributed by atoms with Gasteiger partial charge >= 0.3 is 158 Å². The fourth-order valence-electron chi connectivity index (χ4n) is 3.06.